The number of rotatable bonds is 0. The molecule has 0 aromatic rings. The van der Waals surface area contributed by atoms with Crippen molar-refractivity contribution in [2.24, 2.45) is 0 Å². The van der Waals surface area contributed by atoms with E-state index < -0.39 is 6.53 Å². The average Bonchev–Trinajstić information content (AvgIpc) is 1.66. The molecule has 0 spiro atoms. The molecule has 0 nitrogen and oxygen atoms in total. The molecule has 0 N–H and O–H groups in total. The maximum Gasteiger partial charge on any atom is 0.124 e. The van der Waals surface area contributed by atoms with Gasteiger partial charge < -0.3 is 0 Å². The molecule has 24 valence electrons. The minimum atomic E-state index is -0.423. The highest BCUT2D eigenvalue weighted by Crippen LogP contribution is 1.48. The summed E-state index contributed by atoms with van der Waals surface area (Å²) in [5.41, 5.74) is 2.18. The van der Waals surface area contributed by atoms with Crippen LogP contribution in [-0.4, -0.2) is 0 Å². The fourth-order valence-corrected chi connectivity index (χ4v) is 0.0361. The summed E-state index contributed by atoms with van der Waals surface area (Å²) in [6.07, 6.45) is 2.99. The van der Waals surface area contributed by atoms with E-state index in [1.807, 2.05) is 6.40 Å². The van der Waals surface area contributed by atoms with E-state index in [2.05, 4.69) is 11.7 Å². The first kappa shape index (κ1) is 1.05. The molecule has 0 bridgehead atoms. The minimum Gasteiger partial charge on any atom is -0.120 e. The fourth-order valence-electron chi connectivity index (χ4n) is 0.0361. The molecule has 0 radical (unpaired) electrons. The summed E-state index contributed by atoms with van der Waals surface area (Å²) in [7, 11) is 0. The Balaban J connectivity index is 3.96. The third-order valence-electron chi connectivity index (χ3n) is 0.144. The van der Waals surface area contributed by atoms with Gasteiger partial charge in [0.2, 0.25) is 0 Å². The van der Waals surface area contributed by atoms with E-state index in [-0.39, 0.29) is 0 Å². The monoisotopic (exact) mass is 67.1 g/mol. The average molecular weight is 67.1 g/mol. The van der Waals surface area contributed by atoms with Gasteiger partial charge in [0, 0.05) is 6.08 Å². The second-order valence-corrected chi connectivity index (χ2v) is 0.433. The van der Waals surface area contributed by atoms with Gasteiger partial charge in [-0.15, -0.1) is 12.1 Å². The molecule has 0 unspecified atom stereocenters. The van der Waals surface area contributed by atoms with Crippen molar-refractivity contribution < 1.29 is 4.11 Å². The van der Waals surface area contributed by atoms with Gasteiger partial charge in [-0.25, -0.2) is 0 Å². The highest BCUT2D eigenvalue weighted by molar-refractivity contribution is 5.06. The molecule has 0 saturated carbocycles. The molecular formula is C5H4. The van der Waals surface area contributed by atoms with Crippen molar-refractivity contribution in [3.8, 4) is 12.3 Å². The second kappa shape index (κ2) is 3.08. The molecule has 0 aliphatic carbocycles. The lowest BCUT2D eigenvalue weighted by molar-refractivity contribution is 2.25. The molecule has 0 aliphatic heterocycles. The summed E-state index contributed by atoms with van der Waals surface area (Å²) in [6.45, 7) is -0.423. The van der Waals surface area contributed by atoms with E-state index in [9.17, 15) is 0 Å². The Morgan fingerprint density at radius 1 is 2.40 bits per heavy atom. The normalized spacial score (nSPS) is 10.0. The van der Waals surface area contributed by atoms with Gasteiger partial charge in [-0.3, -0.25) is 0 Å². The number of allylic oxidation sites excluding steroid dienone is 1. The van der Waals surface area contributed by atoms with Crippen molar-refractivity contribution in [2.75, 3.05) is 0 Å². The zero-order valence-electron chi connectivity index (χ0n) is 5.58. The Bertz CT molecular complexity index is 172. The minimum absolute atomic E-state index is 0.423. The highest BCUT2D eigenvalue weighted by atomic mass is 13.4. The van der Waals surface area contributed by atoms with E-state index in [4.69, 9.17) is 4.11 Å². The Hall–Kier alpha value is -0.920. The van der Waals surface area contributed by atoms with Gasteiger partial charge in [0.05, 0.1) is 2.74 Å². The molecule has 0 atom stereocenters. The van der Waals surface area contributed by atoms with E-state index in [0.29, 0.717) is 0 Å². The van der Waals surface area contributed by atoms with Gasteiger partial charge in [0.25, 0.3) is 0 Å². The van der Waals surface area contributed by atoms with Crippen molar-refractivity contribution in [2.45, 2.75) is 0 Å². The largest absolute Gasteiger partial charge is 0.124 e. The Labute approximate surface area is 36.0 Å². The topological polar surface area (TPSA) is 0 Å². The van der Waals surface area contributed by atoms with Crippen LogP contribution in [-0.2, 0) is 0 Å². The van der Waals surface area contributed by atoms with Crippen molar-refractivity contribution in [3.05, 3.63) is 18.3 Å². The van der Waals surface area contributed by atoms with Gasteiger partial charge >= 0.3 is 0 Å². The van der Waals surface area contributed by atoms with Crippen LogP contribution in [0.3, 0.4) is 0 Å². The third kappa shape index (κ3) is 3.08. The zero-order valence-corrected chi connectivity index (χ0v) is 2.58. The van der Waals surface area contributed by atoms with E-state index >= 15 is 0 Å². The lowest BCUT2D eigenvalue weighted by atomic mass is 10.6. The lowest BCUT2D eigenvalue weighted by Gasteiger charge is -1.42. The van der Waals surface area contributed by atoms with Crippen molar-refractivity contribution in [1.82, 2.24) is 0 Å². The zero-order chi connectivity index (χ0) is 6.41. The molecule has 0 rings (SSSR count). The van der Waals surface area contributed by atoms with Crippen molar-refractivity contribution in [1.29, 1.82) is 0 Å². The maximum absolute atomic E-state index is 6.47. The van der Waals surface area contributed by atoms with Gasteiger partial charge in [-0.05, 0) is 0 Å². The van der Waals surface area contributed by atoms with Crippen LogP contribution in [0.1, 0.15) is 4.11 Å². The van der Waals surface area contributed by atoms with Crippen LogP contribution in [0.15, 0.2) is 18.3 Å². The molecule has 5 heavy (non-hydrogen) atoms. The van der Waals surface area contributed by atoms with Crippen molar-refractivity contribution >= 4 is 0 Å². The second-order valence-electron chi connectivity index (χ2n) is 0.433. The van der Waals surface area contributed by atoms with E-state index in [1.165, 1.54) is 6.08 Å². The highest BCUT2D eigenvalue weighted by Gasteiger charge is 1.34. The summed E-state index contributed by atoms with van der Waals surface area (Å²) in [6, 6.07) is 0. The van der Waals surface area contributed by atoms with Crippen LogP contribution >= 0.6 is 0 Å². The van der Waals surface area contributed by atoms with Crippen LogP contribution in [0.25, 0.3) is 0 Å². The number of hydrogen-bond donors (Lipinski definition) is 0. The van der Waals surface area contributed by atoms with Crippen LogP contribution in [0, 0.1) is 12.3 Å². The van der Waals surface area contributed by atoms with E-state index in [1.54, 1.807) is 0 Å². The molecule has 0 amide bonds. The Morgan fingerprint density at radius 2 is 3.40 bits per heavy atom. The predicted octanol–water partition coefficient (Wildman–Crippen LogP) is 0.961. The molecule has 0 heteroatoms. The quantitative estimate of drug-likeness (QED) is 0.292. The SMILES string of the molecule is [2H]C#CC=C=C([2H])[2H]. The van der Waals surface area contributed by atoms with Crippen LogP contribution < -0.4 is 0 Å². The molecule has 0 fully saturated rings. The number of hydrogen-bond acceptors (Lipinski definition) is 0. The standard InChI is InChI=1S/C5H4/c1-3-5-4-2/h1,5H,2H2/i1D,2D2. The fraction of sp³-hybridized carbons (Fsp3) is 0. The van der Waals surface area contributed by atoms with Gasteiger partial charge in [0.1, 0.15) is 1.37 Å². The first-order valence-electron chi connectivity index (χ1n) is 2.58. The van der Waals surface area contributed by atoms with Crippen LogP contribution in [0.4, 0.5) is 0 Å². The first-order chi connectivity index (χ1) is 3.77. The summed E-state index contributed by atoms with van der Waals surface area (Å²) in [5, 5.41) is 0. The molecule has 0 aromatic heterocycles. The predicted molar refractivity (Wildman–Crippen MR) is 22.5 cm³/mol. The van der Waals surface area contributed by atoms with Crippen LogP contribution in [0.2, 0.25) is 0 Å². The van der Waals surface area contributed by atoms with Gasteiger partial charge in [0.15, 0.2) is 0 Å². The maximum atomic E-state index is 6.47. The third-order valence-corrected chi connectivity index (χ3v) is 0.144. The Morgan fingerprint density at radius 3 is 4.00 bits per heavy atom. The molecular weight excluding hydrogens is 60.1 g/mol. The smallest absolute Gasteiger partial charge is 0.120 e. The van der Waals surface area contributed by atoms with Gasteiger partial charge in [-0.1, -0.05) is 12.5 Å². The molecule has 0 aromatic carbocycles. The molecule has 0 heterocycles. The van der Waals surface area contributed by atoms with Crippen LogP contribution in [0.5, 0.6) is 0 Å². The molecule has 0 saturated heterocycles. The lowest BCUT2D eigenvalue weighted by Crippen LogP contribution is -1.28. The van der Waals surface area contributed by atoms with Gasteiger partial charge in [-0.2, -0.15) is 0 Å². The summed E-state index contributed by atoms with van der Waals surface area (Å²) in [4.78, 5) is 0. The van der Waals surface area contributed by atoms with E-state index in [0.717, 1.165) is 0 Å². The summed E-state index contributed by atoms with van der Waals surface area (Å²) < 4.78 is 19.2. The summed E-state index contributed by atoms with van der Waals surface area (Å²) in [5.74, 6) is 2.20. The first-order valence-corrected chi connectivity index (χ1v) is 1.08. The molecule has 0 aliphatic rings. The Kier molecular flexibility index (Phi) is 0.645. The number of terminal acetylenes is 1. The summed E-state index contributed by atoms with van der Waals surface area (Å²) >= 11 is 0. The van der Waals surface area contributed by atoms with Crippen molar-refractivity contribution in [3.63, 3.8) is 0 Å².